The summed E-state index contributed by atoms with van der Waals surface area (Å²) in [5.41, 5.74) is 2.50. The largest absolute Gasteiger partial charge is 0.356 e. The fraction of sp³-hybridized carbons (Fsp3) is 0.524. The van der Waals surface area contributed by atoms with Crippen LogP contribution in [0.2, 0.25) is 0 Å². The Balaban J connectivity index is 1.47. The lowest BCUT2D eigenvalue weighted by Gasteiger charge is -2.29. The number of thiazole rings is 1. The fourth-order valence-corrected chi connectivity index (χ4v) is 4.38. The molecule has 2 heterocycles. The Labute approximate surface area is 166 Å². The van der Waals surface area contributed by atoms with Crippen LogP contribution in [-0.2, 0) is 6.42 Å². The number of rotatable bonds is 8. The molecule has 0 saturated carbocycles. The minimum atomic E-state index is 0.394. The van der Waals surface area contributed by atoms with E-state index >= 15 is 0 Å². The Hall–Kier alpha value is -1.92. The van der Waals surface area contributed by atoms with Gasteiger partial charge in [0.05, 0.1) is 11.0 Å². The Morgan fingerprint density at radius 2 is 2.00 bits per heavy atom. The summed E-state index contributed by atoms with van der Waals surface area (Å²) in [7, 11) is 1.84. The molecule has 0 bridgehead atoms. The van der Waals surface area contributed by atoms with E-state index in [0.717, 1.165) is 37.6 Å². The first-order valence-electron chi connectivity index (χ1n) is 9.91. The van der Waals surface area contributed by atoms with Crippen LogP contribution in [0.25, 0.3) is 0 Å². The van der Waals surface area contributed by atoms with Crippen LogP contribution >= 0.6 is 11.3 Å². The molecule has 1 aliphatic rings. The highest BCUT2D eigenvalue weighted by Gasteiger charge is 2.23. The summed E-state index contributed by atoms with van der Waals surface area (Å²) in [6.45, 7) is 6.18. The molecule has 0 radical (unpaired) electrons. The first kappa shape index (κ1) is 19.8. The van der Waals surface area contributed by atoms with Crippen LogP contribution in [0.3, 0.4) is 0 Å². The summed E-state index contributed by atoms with van der Waals surface area (Å²) in [6, 6.07) is 11.2. The molecule has 0 amide bonds. The van der Waals surface area contributed by atoms with Crippen molar-refractivity contribution in [2.45, 2.75) is 38.6 Å². The second-order valence-corrected chi connectivity index (χ2v) is 7.98. The second kappa shape index (κ2) is 10.4. The van der Waals surface area contributed by atoms with Crippen molar-refractivity contribution in [3.63, 3.8) is 0 Å². The average molecular weight is 386 g/mol. The quantitative estimate of drug-likeness (QED) is 0.415. The highest BCUT2D eigenvalue weighted by atomic mass is 32.1. The average Bonchev–Trinajstić information content (AvgIpc) is 3.36. The molecule has 2 N–H and O–H groups in total. The van der Waals surface area contributed by atoms with Crippen molar-refractivity contribution in [1.82, 2.24) is 20.5 Å². The van der Waals surface area contributed by atoms with Gasteiger partial charge in [0, 0.05) is 37.6 Å². The van der Waals surface area contributed by atoms with Crippen LogP contribution in [0.4, 0.5) is 0 Å². The normalized spacial score (nSPS) is 16.4. The van der Waals surface area contributed by atoms with Crippen molar-refractivity contribution in [3.8, 4) is 0 Å². The highest BCUT2D eigenvalue weighted by Crippen LogP contribution is 2.24. The van der Waals surface area contributed by atoms with Crippen molar-refractivity contribution in [2.24, 2.45) is 4.99 Å². The van der Waals surface area contributed by atoms with Crippen LogP contribution in [-0.4, -0.2) is 49.1 Å². The summed E-state index contributed by atoms with van der Waals surface area (Å²) in [5.74, 6) is 0.880. The van der Waals surface area contributed by atoms with E-state index in [2.05, 4.69) is 61.2 Å². The van der Waals surface area contributed by atoms with Gasteiger partial charge in [-0.2, -0.15) is 0 Å². The zero-order valence-corrected chi connectivity index (χ0v) is 17.3. The number of aliphatic imine (C=N–C) groups is 1. The van der Waals surface area contributed by atoms with Gasteiger partial charge in [-0.3, -0.25) is 9.89 Å². The van der Waals surface area contributed by atoms with E-state index in [1.165, 1.54) is 36.5 Å². The van der Waals surface area contributed by atoms with Gasteiger partial charge in [0.15, 0.2) is 5.96 Å². The number of hydrogen-bond donors (Lipinski definition) is 2. The number of nitrogens with zero attached hydrogens (tertiary/aromatic N) is 3. The van der Waals surface area contributed by atoms with Gasteiger partial charge in [-0.25, -0.2) is 4.98 Å². The van der Waals surface area contributed by atoms with Crippen LogP contribution < -0.4 is 10.6 Å². The minimum Gasteiger partial charge on any atom is -0.356 e. The summed E-state index contributed by atoms with van der Waals surface area (Å²) in [6.07, 6.45) is 4.67. The Morgan fingerprint density at radius 1 is 1.22 bits per heavy atom. The molecule has 0 aliphatic carbocycles. The maximum atomic E-state index is 4.52. The van der Waals surface area contributed by atoms with Crippen LogP contribution in [0.1, 0.15) is 41.6 Å². The SMILES string of the molecule is CN=C(NCCCc1nc(C)cs1)NCC(c1ccccc1)N1CCCC1. The molecule has 1 atom stereocenters. The summed E-state index contributed by atoms with van der Waals surface area (Å²) in [4.78, 5) is 11.5. The van der Waals surface area contributed by atoms with Gasteiger partial charge in [0.25, 0.3) is 0 Å². The summed E-state index contributed by atoms with van der Waals surface area (Å²) >= 11 is 1.75. The predicted octanol–water partition coefficient (Wildman–Crippen LogP) is 3.39. The molecule has 146 valence electrons. The molecule has 3 rings (SSSR count). The van der Waals surface area contributed by atoms with Crippen molar-refractivity contribution < 1.29 is 0 Å². The molecule has 2 aromatic rings. The third kappa shape index (κ3) is 6.04. The van der Waals surface area contributed by atoms with Crippen molar-refractivity contribution in [1.29, 1.82) is 0 Å². The number of nitrogens with one attached hydrogen (secondary N) is 2. The van der Waals surface area contributed by atoms with Crippen molar-refractivity contribution in [2.75, 3.05) is 33.2 Å². The molecule has 1 aromatic heterocycles. The third-order valence-electron chi connectivity index (χ3n) is 4.98. The van der Waals surface area contributed by atoms with Crippen LogP contribution in [0.15, 0.2) is 40.7 Å². The third-order valence-corrected chi connectivity index (χ3v) is 6.01. The lowest BCUT2D eigenvalue weighted by atomic mass is 10.1. The predicted molar refractivity (Wildman–Crippen MR) is 115 cm³/mol. The molecule has 1 fully saturated rings. The molecule has 0 spiro atoms. The van der Waals surface area contributed by atoms with Gasteiger partial charge in [0.1, 0.15) is 0 Å². The zero-order chi connectivity index (χ0) is 18.9. The van der Waals surface area contributed by atoms with E-state index in [1.807, 2.05) is 14.0 Å². The number of aryl methyl sites for hydroxylation is 2. The number of hydrogen-bond acceptors (Lipinski definition) is 4. The van der Waals surface area contributed by atoms with E-state index < -0.39 is 0 Å². The van der Waals surface area contributed by atoms with Gasteiger partial charge in [0.2, 0.25) is 0 Å². The van der Waals surface area contributed by atoms with E-state index in [0.29, 0.717) is 6.04 Å². The first-order valence-corrected chi connectivity index (χ1v) is 10.8. The monoisotopic (exact) mass is 385 g/mol. The Bertz CT molecular complexity index is 706. The fourth-order valence-electron chi connectivity index (χ4n) is 3.56. The van der Waals surface area contributed by atoms with Gasteiger partial charge in [-0.05, 0) is 44.8 Å². The van der Waals surface area contributed by atoms with Gasteiger partial charge in [-0.1, -0.05) is 30.3 Å². The van der Waals surface area contributed by atoms with E-state index in [4.69, 9.17) is 0 Å². The maximum absolute atomic E-state index is 4.52. The molecule has 1 aliphatic heterocycles. The maximum Gasteiger partial charge on any atom is 0.191 e. The Kier molecular flexibility index (Phi) is 7.66. The highest BCUT2D eigenvalue weighted by molar-refractivity contribution is 7.09. The van der Waals surface area contributed by atoms with E-state index in [1.54, 1.807) is 11.3 Å². The topological polar surface area (TPSA) is 52.6 Å². The molecule has 6 heteroatoms. The van der Waals surface area contributed by atoms with E-state index in [-0.39, 0.29) is 0 Å². The summed E-state index contributed by atoms with van der Waals surface area (Å²) in [5, 5.41) is 10.3. The number of benzene rings is 1. The number of guanidine groups is 1. The smallest absolute Gasteiger partial charge is 0.191 e. The molecule has 1 unspecified atom stereocenters. The minimum absolute atomic E-state index is 0.394. The number of likely N-dealkylation sites (tertiary alicyclic amines) is 1. The lowest BCUT2D eigenvalue weighted by Crippen LogP contribution is -2.43. The standard InChI is InChI=1S/C21H31N5S/c1-17-16-27-20(25-17)11-8-12-23-21(22-2)24-15-19(26-13-6-7-14-26)18-9-4-3-5-10-18/h3-5,9-10,16,19H,6-8,11-15H2,1-2H3,(H2,22,23,24). The molecule has 5 nitrogen and oxygen atoms in total. The van der Waals surface area contributed by atoms with Gasteiger partial charge >= 0.3 is 0 Å². The molecule has 1 saturated heterocycles. The first-order chi connectivity index (χ1) is 13.3. The molecule has 27 heavy (non-hydrogen) atoms. The van der Waals surface area contributed by atoms with Crippen molar-refractivity contribution >= 4 is 17.3 Å². The van der Waals surface area contributed by atoms with Crippen LogP contribution in [0, 0.1) is 6.92 Å². The molecular formula is C21H31N5S. The van der Waals surface area contributed by atoms with Gasteiger partial charge in [-0.15, -0.1) is 11.3 Å². The van der Waals surface area contributed by atoms with Crippen molar-refractivity contribution in [3.05, 3.63) is 52.0 Å². The Morgan fingerprint density at radius 3 is 2.67 bits per heavy atom. The second-order valence-electron chi connectivity index (χ2n) is 7.04. The molecule has 1 aromatic carbocycles. The number of aromatic nitrogens is 1. The summed E-state index contributed by atoms with van der Waals surface area (Å²) < 4.78 is 0. The van der Waals surface area contributed by atoms with Gasteiger partial charge < -0.3 is 10.6 Å². The van der Waals surface area contributed by atoms with E-state index in [9.17, 15) is 0 Å². The molecular weight excluding hydrogens is 354 g/mol. The zero-order valence-electron chi connectivity index (χ0n) is 16.4. The van der Waals surface area contributed by atoms with Crippen LogP contribution in [0.5, 0.6) is 0 Å². The lowest BCUT2D eigenvalue weighted by molar-refractivity contribution is 0.245.